The number of aliphatic hydroxyl groups excluding tert-OH is 1. The summed E-state index contributed by atoms with van der Waals surface area (Å²) in [4.78, 5) is 15.6. The van der Waals surface area contributed by atoms with Gasteiger partial charge in [-0.2, -0.15) is 0 Å². The molecule has 0 radical (unpaired) electrons. The molecule has 3 N–H and O–H groups in total. The number of aromatic nitrogens is 1. The molecule has 1 aromatic carbocycles. The average Bonchev–Trinajstić information content (AvgIpc) is 2.98. The molecule has 20 heavy (non-hydrogen) atoms. The van der Waals surface area contributed by atoms with E-state index in [-0.39, 0.29) is 12.0 Å². The van der Waals surface area contributed by atoms with Crippen LogP contribution >= 0.6 is 0 Å². The van der Waals surface area contributed by atoms with Crippen LogP contribution in [0.2, 0.25) is 0 Å². The molecule has 106 valence electrons. The second kappa shape index (κ2) is 5.29. The number of aromatic amines is 1. The predicted molar refractivity (Wildman–Crippen MR) is 78.7 cm³/mol. The Morgan fingerprint density at radius 2 is 2.20 bits per heavy atom. The van der Waals surface area contributed by atoms with E-state index < -0.39 is 0 Å². The van der Waals surface area contributed by atoms with Gasteiger partial charge in [0.25, 0.3) is 5.91 Å². The molecule has 1 saturated carbocycles. The molecule has 1 heterocycles. The van der Waals surface area contributed by atoms with Crippen molar-refractivity contribution in [2.75, 3.05) is 6.54 Å². The van der Waals surface area contributed by atoms with Gasteiger partial charge >= 0.3 is 0 Å². The van der Waals surface area contributed by atoms with Gasteiger partial charge in [0.1, 0.15) is 0 Å². The number of para-hydroxylation sites is 1. The molecule has 1 aromatic heterocycles. The van der Waals surface area contributed by atoms with Crippen molar-refractivity contribution in [3.8, 4) is 0 Å². The smallest absolute Gasteiger partial charge is 0.253 e. The molecule has 0 saturated heterocycles. The first-order chi connectivity index (χ1) is 9.65. The summed E-state index contributed by atoms with van der Waals surface area (Å²) in [6, 6.07) is 7.85. The highest BCUT2D eigenvalue weighted by Crippen LogP contribution is 2.25. The monoisotopic (exact) mass is 272 g/mol. The minimum atomic E-state index is -0.188. The summed E-state index contributed by atoms with van der Waals surface area (Å²) in [7, 11) is 0. The molecular formula is C16H20N2O2. The zero-order chi connectivity index (χ0) is 14.1. The fourth-order valence-corrected chi connectivity index (χ4v) is 3.13. The zero-order valence-electron chi connectivity index (χ0n) is 11.6. The van der Waals surface area contributed by atoms with Crippen LogP contribution in [-0.4, -0.2) is 28.6 Å². The maximum absolute atomic E-state index is 12.4. The lowest BCUT2D eigenvalue weighted by atomic mass is 10.1. The largest absolute Gasteiger partial charge is 0.393 e. The van der Waals surface area contributed by atoms with Crippen LogP contribution in [0.3, 0.4) is 0 Å². The number of H-pyrrole nitrogens is 1. The van der Waals surface area contributed by atoms with Gasteiger partial charge in [0.05, 0.1) is 11.7 Å². The van der Waals surface area contributed by atoms with Crippen molar-refractivity contribution in [2.45, 2.75) is 32.3 Å². The number of amides is 1. The standard InChI is InChI=1S/C16H20N2O2/c1-10-15(13-4-2-3-5-14(13)18-10)16(20)17-9-11-6-7-12(19)8-11/h2-5,11-12,18-19H,6-9H2,1H3,(H,17,20). The third-order valence-electron chi connectivity index (χ3n) is 4.19. The number of fused-ring (bicyclic) bond motifs is 1. The van der Waals surface area contributed by atoms with Gasteiger partial charge in [-0.3, -0.25) is 4.79 Å². The second-order valence-electron chi connectivity index (χ2n) is 5.71. The number of carbonyl (C=O) groups is 1. The summed E-state index contributed by atoms with van der Waals surface area (Å²) in [5.74, 6) is 0.376. The van der Waals surface area contributed by atoms with E-state index in [0.29, 0.717) is 12.5 Å². The third kappa shape index (κ3) is 2.43. The first-order valence-electron chi connectivity index (χ1n) is 7.18. The maximum Gasteiger partial charge on any atom is 0.253 e. The van der Waals surface area contributed by atoms with Gasteiger partial charge < -0.3 is 15.4 Å². The van der Waals surface area contributed by atoms with Crippen LogP contribution in [-0.2, 0) is 0 Å². The third-order valence-corrected chi connectivity index (χ3v) is 4.19. The highest BCUT2D eigenvalue weighted by molar-refractivity contribution is 6.08. The summed E-state index contributed by atoms with van der Waals surface area (Å²) in [6.45, 7) is 2.57. The molecule has 4 nitrogen and oxygen atoms in total. The number of aryl methyl sites for hydroxylation is 1. The minimum Gasteiger partial charge on any atom is -0.393 e. The number of rotatable bonds is 3. The Morgan fingerprint density at radius 1 is 1.40 bits per heavy atom. The lowest BCUT2D eigenvalue weighted by molar-refractivity contribution is 0.0946. The van der Waals surface area contributed by atoms with E-state index in [0.717, 1.165) is 41.4 Å². The molecule has 0 aliphatic heterocycles. The van der Waals surface area contributed by atoms with Crippen LogP contribution in [0, 0.1) is 12.8 Å². The van der Waals surface area contributed by atoms with E-state index in [4.69, 9.17) is 0 Å². The predicted octanol–water partition coefficient (Wildman–Crippen LogP) is 2.37. The quantitative estimate of drug-likeness (QED) is 0.803. The molecule has 3 rings (SSSR count). The van der Waals surface area contributed by atoms with E-state index in [1.165, 1.54) is 0 Å². The zero-order valence-corrected chi connectivity index (χ0v) is 11.6. The van der Waals surface area contributed by atoms with Crippen LogP contribution in [0.1, 0.15) is 35.3 Å². The van der Waals surface area contributed by atoms with E-state index in [9.17, 15) is 9.90 Å². The van der Waals surface area contributed by atoms with Crippen LogP contribution in [0.25, 0.3) is 10.9 Å². The van der Waals surface area contributed by atoms with Gasteiger partial charge in [-0.1, -0.05) is 18.2 Å². The van der Waals surface area contributed by atoms with Crippen molar-refractivity contribution in [1.29, 1.82) is 0 Å². The molecule has 1 aliphatic rings. The Morgan fingerprint density at radius 3 is 2.95 bits per heavy atom. The van der Waals surface area contributed by atoms with Crippen molar-refractivity contribution in [2.24, 2.45) is 5.92 Å². The van der Waals surface area contributed by atoms with Crippen molar-refractivity contribution in [3.63, 3.8) is 0 Å². The Kier molecular flexibility index (Phi) is 3.49. The van der Waals surface area contributed by atoms with Crippen LogP contribution in [0.15, 0.2) is 24.3 Å². The molecule has 2 aromatic rings. The average molecular weight is 272 g/mol. The fourth-order valence-electron chi connectivity index (χ4n) is 3.13. The van der Waals surface area contributed by atoms with Gasteiger partial charge in [0.2, 0.25) is 0 Å². The number of hydrogen-bond donors (Lipinski definition) is 3. The Balaban J connectivity index is 1.74. The van der Waals surface area contributed by atoms with Gasteiger partial charge in [0, 0.05) is 23.1 Å². The number of carbonyl (C=O) groups excluding carboxylic acids is 1. The molecule has 0 spiro atoms. The van der Waals surface area contributed by atoms with Crippen molar-refractivity contribution in [3.05, 3.63) is 35.5 Å². The normalized spacial score (nSPS) is 22.3. The minimum absolute atomic E-state index is 0.0265. The molecule has 0 bridgehead atoms. The Labute approximate surface area is 118 Å². The molecule has 1 fully saturated rings. The van der Waals surface area contributed by atoms with E-state index in [2.05, 4.69) is 10.3 Å². The SMILES string of the molecule is Cc1[nH]c2ccccc2c1C(=O)NCC1CCC(O)C1. The summed E-state index contributed by atoms with van der Waals surface area (Å²) < 4.78 is 0. The maximum atomic E-state index is 12.4. The summed E-state index contributed by atoms with van der Waals surface area (Å²) in [5, 5.41) is 13.5. The van der Waals surface area contributed by atoms with Gasteiger partial charge in [0.15, 0.2) is 0 Å². The highest BCUT2D eigenvalue weighted by Gasteiger charge is 2.24. The number of nitrogens with one attached hydrogen (secondary N) is 2. The highest BCUT2D eigenvalue weighted by atomic mass is 16.3. The van der Waals surface area contributed by atoms with Crippen LogP contribution < -0.4 is 5.32 Å². The molecule has 2 atom stereocenters. The number of aliphatic hydroxyl groups is 1. The van der Waals surface area contributed by atoms with Gasteiger partial charge in [-0.05, 0) is 38.2 Å². The molecule has 4 heteroatoms. The number of hydrogen-bond acceptors (Lipinski definition) is 2. The fraction of sp³-hybridized carbons (Fsp3) is 0.438. The molecule has 2 unspecified atom stereocenters. The van der Waals surface area contributed by atoms with Gasteiger partial charge in [-0.25, -0.2) is 0 Å². The second-order valence-corrected chi connectivity index (χ2v) is 5.71. The van der Waals surface area contributed by atoms with E-state index >= 15 is 0 Å². The van der Waals surface area contributed by atoms with Crippen LogP contribution in [0.4, 0.5) is 0 Å². The van der Waals surface area contributed by atoms with Crippen molar-refractivity contribution in [1.82, 2.24) is 10.3 Å². The Bertz CT molecular complexity index is 632. The summed E-state index contributed by atoms with van der Waals surface area (Å²) in [5.41, 5.74) is 2.63. The lowest BCUT2D eigenvalue weighted by Gasteiger charge is -2.11. The van der Waals surface area contributed by atoms with Crippen LogP contribution in [0.5, 0.6) is 0 Å². The molecule has 1 aliphatic carbocycles. The molecular weight excluding hydrogens is 252 g/mol. The van der Waals surface area contributed by atoms with E-state index in [1.807, 2.05) is 31.2 Å². The topological polar surface area (TPSA) is 65.1 Å². The van der Waals surface area contributed by atoms with Gasteiger partial charge in [-0.15, -0.1) is 0 Å². The van der Waals surface area contributed by atoms with Crippen molar-refractivity contribution >= 4 is 16.8 Å². The summed E-state index contributed by atoms with van der Waals surface area (Å²) >= 11 is 0. The first kappa shape index (κ1) is 13.2. The Hall–Kier alpha value is -1.81. The molecule has 1 amide bonds. The lowest BCUT2D eigenvalue weighted by Crippen LogP contribution is -2.29. The summed E-state index contributed by atoms with van der Waals surface area (Å²) in [6.07, 6.45) is 2.46. The van der Waals surface area contributed by atoms with E-state index in [1.54, 1.807) is 0 Å². The number of benzene rings is 1. The first-order valence-corrected chi connectivity index (χ1v) is 7.18. The van der Waals surface area contributed by atoms with Crippen molar-refractivity contribution < 1.29 is 9.90 Å².